The molecule has 0 atom stereocenters. The molecule has 4 N–H and O–H groups in total. The lowest BCUT2D eigenvalue weighted by atomic mass is 10.4. The quantitative estimate of drug-likeness (QED) is 0.290. The molecule has 0 bridgehead atoms. The summed E-state index contributed by atoms with van der Waals surface area (Å²) in [6, 6.07) is 3.36. The van der Waals surface area contributed by atoms with E-state index in [-0.39, 0.29) is 5.96 Å². The minimum atomic E-state index is -1.75. The molecule has 0 aromatic carbocycles. The number of hydrazine groups is 1. The summed E-state index contributed by atoms with van der Waals surface area (Å²) in [5.74, 6) is -0.260. The summed E-state index contributed by atoms with van der Waals surface area (Å²) in [4.78, 5) is 24.6. The largest absolute Gasteiger partial charge is 0.365 e. The molecular weight excluding hydrogens is 236 g/mol. The Morgan fingerprint density at radius 3 is 2.41 bits per heavy atom. The van der Waals surface area contributed by atoms with Gasteiger partial charge in [-0.15, -0.1) is 0 Å². The predicted molar refractivity (Wildman–Crippen MR) is 54.8 cm³/mol. The van der Waals surface area contributed by atoms with Gasteiger partial charge in [0, 0.05) is 6.07 Å². The number of pyridine rings is 1. The molecule has 0 saturated heterocycles. The second kappa shape index (κ2) is 7.33. The van der Waals surface area contributed by atoms with Gasteiger partial charge in [0.1, 0.15) is 5.69 Å². The van der Waals surface area contributed by atoms with Gasteiger partial charge >= 0.3 is 0 Å². The fourth-order valence-electron chi connectivity index (χ4n) is 0.711. The molecular formula is C6H8N6O5. The maximum Gasteiger partial charge on any atom is 0.256 e. The normalized spacial score (nSPS) is 9.76. The van der Waals surface area contributed by atoms with Crippen LogP contribution in [0.15, 0.2) is 29.5 Å². The first-order valence-corrected chi connectivity index (χ1v) is 3.94. The molecule has 1 rings (SSSR count). The fourth-order valence-corrected chi connectivity index (χ4v) is 0.711. The lowest BCUT2D eigenvalue weighted by Gasteiger charge is -1.93. The van der Waals surface area contributed by atoms with Crippen molar-refractivity contribution in [2.45, 2.75) is 0 Å². The number of H-pyrrole nitrogens is 1. The Balaban J connectivity index is 0.000000557. The number of aromatic amines is 1. The highest BCUT2D eigenvalue weighted by Gasteiger charge is 1.99. The van der Waals surface area contributed by atoms with Crippen LogP contribution < -0.4 is 16.1 Å². The van der Waals surface area contributed by atoms with Crippen molar-refractivity contribution in [3.05, 3.63) is 50.0 Å². The highest BCUT2D eigenvalue weighted by atomic mass is 16.9. The Kier molecular flexibility index (Phi) is 6.04. The molecule has 0 aliphatic carbocycles. The Morgan fingerprint density at radius 1 is 1.41 bits per heavy atom. The first-order chi connectivity index (χ1) is 7.91. The summed E-state index contributed by atoms with van der Waals surface area (Å²) >= 11 is 0. The summed E-state index contributed by atoms with van der Waals surface area (Å²) in [6.45, 7) is 0. The Morgan fingerprint density at radius 2 is 2.00 bits per heavy atom. The first-order valence-electron chi connectivity index (χ1n) is 3.94. The summed E-state index contributed by atoms with van der Waals surface area (Å²) < 4.78 is 0. The number of aliphatic imine (C=N–C) groups is 1. The number of rotatable bonds is 2. The van der Waals surface area contributed by atoms with Gasteiger partial charge < -0.3 is 21.1 Å². The van der Waals surface area contributed by atoms with E-state index < -0.39 is 10.1 Å². The average Bonchev–Trinajstić information content (AvgIpc) is 2.16. The van der Waals surface area contributed by atoms with Crippen molar-refractivity contribution in [3.63, 3.8) is 0 Å². The average molecular weight is 244 g/mol. The van der Waals surface area contributed by atoms with Crippen LogP contribution in [0.25, 0.3) is 0 Å². The second-order valence-electron chi connectivity index (χ2n) is 2.35. The first kappa shape index (κ1) is 14.0. The molecule has 1 aromatic rings. The topological polar surface area (TPSA) is 174 Å². The molecule has 0 saturated carbocycles. The van der Waals surface area contributed by atoms with Crippen molar-refractivity contribution < 1.29 is 15.1 Å². The third kappa shape index (κ3) is 9.33. The van der Waals surface area contributed by atoms with Crippen LogP contribution in [-0.2, 0) is 0 Å². The molecule has 11 nitrogen and oxygen atoms in total. The molecule has 1 aromatic heterocycles. The lowest BCUT2D eigenvalue weighted by Crippen LogP contribution is -2.35. The van der Waals surface area contributed by atoms with Gasteiger partial charge in [-0.05, 0) is 6.07 Å². The van der Waals surface area contributed by atoms with Crippen molar-refractivity contribution in [1.82, 2.24) is 5.43 Å². The molecule has 17 heavy (non-hydrogen) atoms. The Bertz CT molecular complexity index is 403. The summed E-state index contributed by atoms with van der Waals surface area (Å²) in [5.41, 5.74) is 7.43. The van der Waals surface area contributed by atoms with Crippen LogP contribution in [0.2, 0.25) is 0 Å². The van der Waals surface area contributed by atoms with Gasteiger partial charge in [-0.25, -0.2) is 20.1 Å². The van der Waals surface area contributed by atoms with E-state index >= 15 is 0 Å². The van der Waals surface area contributed by atoms with Crippen LogP contribution in [0, 0.1) is 25.4 Å². The van der Waals surface area contributed by atoms with Gasteiger partial charge in [-0.2, -0.15) is 0 Å². The lowest BCUT2D eigenvalue weighted by molar-refractivity contribution is -0.525. The number of nitro groups is 1. The number of guanidine groups is 1. The van der Waals surface area contributed by atoms with Crippen LogP contribution in [0.4, 0.5) is 5.69 Å². The van der Waals surface area contributed by atoms with Gasteiger partial charge in [-0.3, -0.25) is 0 Å². The Labute approximate surface area is 93.8 Å². The van der Waals surface area contributed by atoms with Crippen LogP contribution in [0.1, 0.15) is 0 Å². The summed E-state index contributed by atoms with van der Waals surface area (Å²) in [6.07, 6.45) is 3.25. The van der Waals surface area contributed by atoms with Gasteiger partial charge in [0.25, 0.3) is 5.96 Å². The maximum atomic E-state index is 9.93. The second-order valence-corrected chi connectivity index (χ2v) is 2.35. The fraction of sp³-hybridized carbons (Fsp3) is 0. The van der Waals surface area contributed by atoms with Gasteiger partial charge in [0.2, 0.25) is 0 Å². The minimum Gasteiger partial charge on any atom is -0.365 e. The van der Waals surface area contributed by atoms with E-state index in [0.717, 1.165) is 0 Å². The number of nitrogens with one attached hydrogen (secondary N) is 2. The SMILES string of the molecule is NC(=Nc1ccc[nH+]c1)N[N+](=O)[O-].O=[N+]([O-])[O-]. The number of hydrogen-bond acceptors (Lipinski definition) is 6. The highest BCUT2D eigenvalue weighted by molar-refractivity contribution is 5.79. The standard InChI is InChI=1S/C6H7N5O2.NO3/c7-6(10-11(12)13)9-5-2-1-3-8-4-5;2-1(3)4/h1-4H,(H3,7,9,10);/q;-1/p+1. The number of nitrogens with zero attached hydrogens (tertiary/aromatic N) is 3. The summed E-state index contributed by atoms with van der Waals surface area (Å²) in [5, 5.41) is 23.9. The molecule has 0 spiro atoms. The van der Waals surface area contributed by atoms with Crippen molar-refractivity contribution in [3.8, 4) is 0 Å². The van der Waals surface area contributed by atoms with Crippen molar-refractivity contribution >= 4 is 11.6 Å². The van der Waals surface area contributed by atoms with E-state index in [1.807, 2.05) is 0 Å². The van der Waals surface area contributed by atoms with Crippen molar-refractivity contribution in [1.29, 1.82) is 0 Å². The zero-order valence-electron chi connectivity index (χ0n) is 8.27. The molecule has 1 heterocycles. The third-order valence-electron chi connectivity index (χ3n) is 1.15. The zero-order chi connectivity index (χ0) is 13.3. The van der Waals surface area contributed by atoms with E-state index in [1.54, 1.807) is 30.0 Å². The molecule has 0 unspecified atom stereocenters. The smallest absolute Gasteiger partial charge is 0.256 e. The van der Waals surface area contributed by atoms with Crippen LogP contribution in [-0.4, -0.2) is 16.1 Å². The Hall–Kier alpha value is -2.98. The van der Waals surface area contributed by atoms with Crippen molar-refractivity contribution in [2.75, 3.05) is 0 Å². The maximum absolute atomic E-state index is 9.93. The van der Waals surface area contributed by atoms with Gasteiger partial charge in [-0.1, -0.05) is 5.43 Å². The molecule has 0 radical (unpaired) electrons. The predicted octanol–water partition coefficient (Wildman–Crippen LogP) is -1.01. The molecule has 11 heteroatoms. The van der Waals surface area contributed by atoms with Crippen LogP contribution in [0.5, 0.6) is 0 Å². The number of hydrogen-bond donors (Lipinski definition) is 2. The number of aromatic nitrogens is 1. The molecule has 0 aliphatic rings. The molecule has 0 amide bonds. The number of nitrogens with two attached hydrogens (primary N) is 1. The van der Waals surface area contributed by atoms with E-state index in [4.69, 9.17) is 21.1 Å². The van der Waals surface area contributed by atoms with Crippen LogP contribution in [0.3, 0.4) is 0 Å². The third-order valence-corrected chi connectivity index (χ3v) is 1.15. The van der Waals surface area contributed by atoms with E-state index in [0.29, 0.717) is 5.69 Å². The molecule has 92 valence electrons. The highest BCUT2D eigenvalue weighted by Crippen LogP contribution is 2.04. The van der Waals surface area contributed by atoms with Gasteiger partial charge in [0.15, 0.2) is 17.4 Å². The van der Waals surface area contributed by atoms with Crippen molar-refractivity contribution in [2.24, 2.45) is 10.7 Å². The summed E-state index contributed by atoms with van der Waals surface area (Å²) in [7, 11) is 0. The monoisotopic (exact) mass is 244 g/mol. The van der Waals surface area contributed by atoms with E-state index in [2.05, 4.69) is 9.98 Å². The van der Waals surface area contributed by atoms with Gasteiger partial charge in [0.05, 0.1) is 5.09 Å². The van der Waals surface area contributed by atoms with E-state index in [1.165, 1.54) is 0 Å². The van der Waals surface area contributed by atoms with Crippen LogP contribution >= 0.6 is 0 Å². The zero-order valence-corrected chi connectivity index (χ0v) is 8.27. The van der Waals surface area contributed by atoms with E-state index in [9.17, 15) is 10.1 Å². The molecule has 0 fully saturated rings. The molecule has 0 aliphatic heterocycles. The minimum absolute atomic E-state index is 0.260.